The zero-order chi connectivity index (χ0) is 24.0. The molecule has 0 aromatic heterocycles. The Morgan fingerprint density at radius 3 is 2.55 bits per heavy atom. The van der Waals surface area contributed by atoms with Gasteiger partial charge in [-0.2, -0.15) is 4.31 Å². The Hall–Kier alpha value is -1.92. The molecule has 2 bridgehead atoms. The van der Waals surface area contributed by atoms with Crippen LogP contribution in [0.15, 0.2) is 47.4 Å². The van der Waals surface area contributed by atoms with E-state index in [2.05, 4.69) is 20.8 Å². The van der Waals surface area contributed by atoms with Crippen LogP contribution >= 0.6 is 0 Å². The molecular weight excluding hydrogens is 432 g/mol. The molecule has 5 nitrogen and oxygen atoms in total. The molecule has 0 spiro atoms. The molecule has 1 heterocycles. The Labute approximate surface area is 199 Å². The minimum Gasteiger partial charge on any atom is -0.339 e. The summed E-state index contributed by atoms with van der Waals surface area (Å²) in [6.45, 7) is 11.8. The fraction of sp³-hybridized carbons (Fsp3) is 0.593. The van der Waals surface area contributed by atoms with Crippen LogP contribution in [0.4, 0.5) is 0 Å². The quantitative estimate of drug-likeness (QED) is 0.541. The molecule has 2 aliphatic rings. The number of hydrogen-bond donors (Lipinski definition) is 0. The van der Waals surface area contributed by atoms with Gasteiger partial charge >= 0.3 is 0 Å². The standard InChI is InChI=1S/C27H38N2O3S/c1-6-20(2)29(33(31,32)24-13-9-11-21-10-7-8-12-23(21)24)15-14-25(30)28-19-27(5)17-22(28)16-26(3,4)18-27/h7-13,20,22H,6,14-19H2,1-5H3. The highest BCUT2D eigenvalue weighted by molar-refractivity contribution is 7.89. The van der Waals surface area contributed by atoms with Crippen molar-refractivity contribution < 1.29 is 13.2 Å². The number of fused-ring (bicyclic) bond motifs is 3. The molecule has 33 heavy (non-hydrogen) atoms. The van der Waals surface area contributed by atoms with Crippen molar-refractivity contribution in [3.63, 3.8) is 0 Å². The number of hydrogen-bond acceptors (Lipinski definition) is 3. The molecule has 3 unspecified atom stereocenters. The van der Waals surface area contributed by atoms with Gasteiger partial charge in [-0.05, 0) is 54.9 Å². The predicted molar refractivity (Wildman–Crippen MR) is 133 cm³/mol. The molecule has 0 radical (unpaired) electrons. The van der Waals surface area contributed by atoms with E-state index in [1.807, 2.05) is 49.1 Å². The third kappa shape index (κ3) is 4.69. The number of likely N-dealkylation sites (tertiary alicyclic amines) is 1. The molecule has 4 rings (SSSR count). The fourth-order valence-corrected chi connectivity index (χ4v) is 8.35. The number of amides is 1. The van der Waals surface area contributed by atoms with E-state index in [0.717, 1.165) is 36.6 Å². The van der Waals surface area contributed by atoms with Crippen LogP contribution in [0.25, 0.3) is 10.8 Å². The van der Waals surface area contributed by atoms with E-state index in [0.29, 0.717) is 11.3 Å². The first kappa shape index (κ1) is 24.2. The molecule has 180 valence electrons. The van der Waals surface area contributed by atoms with Gasteiger partial charge < -0.3 is 4.90 Å². The van der Waals surface area contributed by atoms with E-state index in [1.54, 1.807) is 16.4 Å². The SMILES string of the molecule is CCC(C)N(CCC(=O)N1CC2(C)CC1CC(C)(C)C2)S(=O)(=O)c1cccc2ccccc12. The summed E-state index contributed by atoms with van der Waals surface area (Å²) in [7, 11) is -3.74. The lowest BCUT2D eigenvalue weighted by molar-refractivity contribution is -0.132. The number of nitrogens with zero attached hydrogens (tertiary/aromatic N) is 2. The molecule has 1 saturated heterocycles. The third-order valence-corrected chi connectivity index (χ3v) is 9.77. The molecule has 1 amide bonds. The first-order valence-corrected chi connectivity index (χ1v) is 13.7. The number of rotatable bonds is 7. The Bertz CT molecular complexity index is 1140. The Morgan fingerprint density at radius 1 is 1.12 bits per heavy atom. The van der Waals surface area contributed by atoms with Crippen molar-refractivity contribution in [2.24, 2.45) is 10.8 Å². The van der Waals surface area contributed by atoms with Gasteiger partial charge in [-0.3, -0.25) is 4.79 Å². The van der Waals surface area contributed by atoms with Crippen LogP contribution in [0.1, 0.15) is 66.7 Å². The van der Waals surface area contributed by atoms with Crippen LogP contribution in [0, 0.1) is 10.8 Å². The highest BCUT2D eigenvalue weighted by Crippen LogP contribution is 2.52. The molecular formula is C27H38N2O3S. The summed E-state index contributed by atoms with van der Waals surface area (Å²) in [6.07, 6.45) is 4.14. The van der Waals surface area contributed by atoms with Gasteiger partial charge in [0.2, 0.25) is 15.9 Å². The van der Waals surface area contributed by atoms with Crippen molar-refractivity contribution in [1.82, 2.24) is 9.21 Å². The van der Waals surface area contributed by atoms with Crippen molar-refractivity contribution in [2.75, 3.05) is 13.1 Å². The summed E-state index contributed by atoms with van der Waals surface area (Å²) in [6, 6.07) is 13.1. The number of carbonyl (C=O) groups excluding carboxylic acids is 1. The zero-order valence-electron chi connectivity index (χ0n) is 20.7. The number of benzene rings is 2. The van der Waals surface area contributed by atoms with E-state index in [9.17, 15) is 13.2 Å². The molecule has 1 aliphatic carbocycles. The van der Waals surface area contributed by atoms with Gasteiger partial charge in [-0.15, -0.1) is 0 Å². The maximum atomic E-state index is 13.8. The summed E-state index contributed by atoms with van der Waals surface area (Å²) in [5, 5.41) is 1.63. The molecule has 3 atom stereocenters. The van der Waals surface area contributed by atoms with E-state index in [4.69, 9.17) is 0 Å². The first-order valence-electron chi connectivity index (χ1n) is 12.2. The molecule has 2 fully saturated rings. The van der Waals surface area contributed by atoms with Gasteiger partial charge in [0, 0.05) is 37.0 Å². The maximum Gasteiger partial charge on any atom is 0.243 e. The lowest BCUT2D eigenvalue weighted by atomic mass is 9.65. The van der Waals surface area contributed by atoms with Crippen LogP contribution < -0.4 is 0 Å². The van der Waals surface area contributed by atoms with Crippen LogP contribution in [0.5, 0.6) is 0 Å². The highest BCUT2D eigenvalue weighted by atomic mass is 32.2. The highest BCUT2D eigenvalue weighted by Gasteiger charge is 2.50. The largest absolute Gasteiger partial charge is 0.339 e. The minimum atomic E-state index is -3.74. The van der Waals surface area contributed by atoms with Gasteiger partial charge in [0.15, 0.2) is 0 Å². The van der Waals surface area contributed by atoms with Crippen molar-refractivity contribution in [3.8, 4) is 0 Å². The molecule has 2 aromatic rings. The lowest BCUT2D eigenvalue weighted by Gasteiger charge is -2.39. The summed E-state index contributed by atoms with van der Waals surface area (Å²) < 4.78 is 29.1. The van der Waals surface area contributed by atoms with Gasteiger partial charge in [0.1, 0.15) is 0 Å². The van der Waals surface area contributed by atoms with Crippen LogP contribution in [0.2, 0.25) is 0 Å². The average molecular weight is 471 g/mol. The second-order valence-electron chi connectivity index (χ2n) is 11.3. The van der Waals surface area contributed by atoms with E-state index in [-0.39, 0.29) is 41.8 Å². The van der Waals surface area contributed by atoms with E-state index >= 15 is 0 Å². The van der Waals surface area contributed by atoms with Crippen LogP contribution in [-0.2, 0) is 14.8 Å². The average Bonchev–Trinajstić information content (AvgIpc) is 3.01. The monoisotopic (exact) mass is 470 g/mol. The predicted octanol–water partition coefficient (Wildman–Crippen LogP) is 5.45. The zero-order valence-corrected chi connectivity index (χ0v) is 21.5. The van der Waals surface area contributed by atoms with E-state index < -0.39 is 10.0 Å². The van der Waals surface area contributed by atoms with Crippen LogP contribution in [-0.4, -0.2) is 48.7 Å². The molecule has 1 saturated carbocycles. The Kier molecular flexibility index (Phi) is 6.38. The number of sulfonamides is 1. The fourth-order valence-electron chi connectivity index (χ4n) is 6.43. The first-order chi connectivity index (χ1) is 15.5. The van der Waals surface area contributed by atoms with Crippen LogP contribution in [0.3, 0.4) is 0 Å². The van der Waals surface area contributed by atoms with Gasteiger partial charge in [-0.25, -0.2) is 8.42 Å². The second-order valence-corrected chi connectivity index (χ2v) is 13.2. The summed E-state index contributed by atoms with van der Waals surface area (Å²) in [5.41, 5.74) is 0.417. The molecule has 6 heteroatoms. The van der Waals surface area contributed by atoms with Gasteiger partial charge in [0.05, 0.1) is 4.90 Å². The summed E-state index contributed by atoms with van der Waals surface area (Å²) in [5.74, 6) is 0.0860. The topological polar surface area (TPSA) is 57.7 Å². The summed E-state index contributed by atoms with van der Waals surface area (Å²) >= 11 is 0. The molecule has 2 aromatic carbocycles. The second kappa shape index (κ2) is 8.70. The third-order valence-electron chi connectivity index (χ3n) is 7.70. The maximum absolute atomic E-state index is 13.8. The smallest absolute Gasteiger partial charge is 0.243 e. The normalized spacial score (nSPS) is 25.5. The minimum absolute atomic E-state index is 0.0860. The lowest BCUT2D eigenvalue weighted by Crippen LogP contribution is -2.43. The Morgan fingerprint density at radius 2 is 1.82 bits per heavy atom. The van der Waals surface area contributed by atoms with Gasteiger partial charge in [0.25, 0.3) is 0 Å². The van der Waals surface area contributed by atoms with E-state index in [1.165, 1.54) is 0 Å². The van der Waals surface area contributed by atoms with Crippen molar-refractivity contribution in [3.05, 3.63) is 42.5 Å². The van der Waals surface area contributed by atoms with Gasteiger partial charge in [-0.1, -0.05) is 64.1 Å². The van der Waals surface area contributed by atoms with Crippen molar-refractivity contribution in [1.29, 1.82) is 0 Å². The molecule has 1 aliphatic heterocycles. The Balaban J connectivity index is 1.56. The molecule has 0 N–H and O–H groups in total. The number of carbonyl (C=O) groups is 1. The van der Waals surface area contributed by atoms with Crippen molar-refractivity contribution in [2.45, 2.75) is 83.7 Å². The summed E-state index contributed by atoms with van der Waals surface area (Å²) in [4.78, 5) is 15.7. The van der Waals surface area contributed by atoms with Crippen molar-refractivity contribution >= 4 is 26.7 Å².